The number of carbonyl (C=O) groups is 2. The first kappa shape index (κ1) is 25.4. The molecule has 35 heavy (non-hydrogen) atoms. The van der Waals surface area contributed by atoms with Gasteiger partial charge in [-0.1, -0.05) is 36.4 Å². The summed E-state index contributed by atoms with van der Waals surface area (Å²) in [5.41, 5.74) is 2.62. The van der Waals surface area contributed by atoms with Crippen molar-refractivity contribution in [3.63, 3.8) is 0 Å². The molecule has 0 spiro atoms. The Bertz CT molecular complexity index is 1150. The third-order valence-electron chi connectivity index (χ3n) is 7.13. The van der Waals surface area contributed by atoms with Crippen molar-refractivity contribution in [2.24, 2.45) is 5.92 Å². The number of nitrogens with zero attached hydrogens (tertiary/aromatic N) is 2. The average Bonchev–Trinajstić information content (AvgIpc) is 2.89. The second-order valence-corrected chi connectivity index (χ2v) is 11.5. The molecule has 2 heterocycles. The fourth-order valence-electron chi connectivity index (χ4n) is 4.74. The molecule has 2 aromatic rings. The number of rotatable bonds is 6. The Labute approximate surface area is 208 Å². The summed E-state index contributed by atoms with van der Waals surface area (Å²) in [7, 11) is -3.62. The predicted octanol–water partition coefficient (Wildman–Crippen LogP) is 4.00. The van der Waals surface area contributed by atoms with E-state index in [1.54, 1.807) is 29.2 Å². The number of likely N-dealkylation sites (tertiary alicyclic amines) is 1. The fraction of sp³-hybridized carbons (Fsp3) is 0.481. The third kappa shape index (κ3) is 5.76. The van der Waals surface area contributed by atoms with Gasteiger partial charge in [0.15, 0.2) is 0 Å². The van der Waals surface area contributed by atoms with Crippen molar-refractivity contribution in [1.29, 1.82) is 0 Å². The SMILES string of the molecule is Cc1ccc(S(=O)(=O)N2CCC(C(=O)O[C@H](C(=O)N3CCCCC3)c3ccccc3)CC2)cc1C. The Balaban J connectivity index is 1.42. The lowest BCUT2D eigenvalue weighted by atomic mass is 9.98. The molecule has 0 saturated carbocycles. The van der Waals surface area contributed by atoms with Crippen LogP contribution in [0.4, 0.5) is 0 Å². The van der Waals surface area contributed by atoms with Crippen molar-refractivity contribution in [3.05, 3.63) is 65.2 Å². The molecule has 7 nitrogen and oxygen atoms in total. The topological polar surface area (TPSA) is 84.0 Å². The second-order valence-electron chi connectivity index (χ2n) is 9.54. The van der Waals surface area contributed by atoms with Crippen LogP contribution < -0.4 is 0 Å². The highest BCUT2D eigenvalue weighted by Gasteiger charge is 2.36. The van der Waals surface area contributed by atoms with Crippen LogP contribution in [0, 0.1) is 19.8 Å². The monoisotopic (exact) mass is 498 g/mol. The number of amides is 1. The van der Waals surface area contributed by atoms with Gasteiger partial charge in [0, 0.05) is 31.7 Å². The fourth-order valence-corrected chi connectivity index (χ4v) is 6.29. The first-order valence-corrected chi connectivity index (χ1v) is 13.8. The minimum absolute atomic E-state index is 0.181. The number of sulfonamides is 1. The number of carbonyl (C=O) groups excluding carboxylic acids is 2. The normalized spacial score (nSPS) is 18.7. The molecule has 4 rings (SSSR count). The summed E-state index contributed by atoms with van der Waals surface area (Å²) in [5.74, 6) is -1.06. The van der Waals surface area contributed by atoms with Crippen LogP contribution in [-0.4, -0.2) is 55.7 Å². The maximum Gasteiger partial charge on any atom is 0.310 e. The van der Waals surface area contributed by atoms with E-state index in [-0.39, 0.29) is 23.9 Å². The quantitative estimate of drug-likeness (QED) is 0.562. The van der Waals surface area contributed by atoms with Crippen LogP contribution in [0.25, 0.3) is 0 Å². The molecule has 0 aliphatic carbocycles. The van der Waals surface area contributed by atoms with Crippen molar-refractivity contribution >= 4 is 21.9 Å². The van der Waals surface area contributed by atoms with E-state index in [1.807, 2.05) is 38.1 Å². The van der Waals surface area contributed by atoms with Gasteiger partial charge in [-0.05, 0) is 69.2 Å². The van der Waals surface area contributed by atoms with E-state index < -0.39 is 28.0 Å². The largest absolute Gasteiger partial charge is 0.447 e. The first-order valence-electron chi connectivity index (χ1n) is 12.4. The highest BCUT2D eigenvalue weighted by molar-refractivity contribution is 7.89. The van der Waals surface area contributed by atoms with E-state index in [9.17, 15) is 18.0 Å². The van der Waals surface area contributed by atoms with Gasteiger partial charge in [0.25, 0.3) is 5.91 Å². The van der Waals surface area contributed by atoms with Gasteiger partial charge < -0.3 is 9.64 Å². The van der Waals surface area contributed by atoms with E-state index in [4.69, 9.17) is 4.74 Å². The summed E-state index contributed by atoms with van der Waals surface area (Å²) in [6.07, 6.45) is 2.76. The molecule has 0 radical (unpaired) electrons. The Morgan fingerprint density at radius 2 is 1.54 bits per heavy atom. The standard InChI is InChI=1S/C27H34N2O5S/c1-20-11-12-24(19-21(20)2)35(32,33)29-17-13-23(14-18-29)27(31)34-25(22-9-5-3-6-10-22)26(30)28-15-7-4-8-16-28/h3,5-6,9-12,19,23,25H,4,7-8,13-18H2,1-2H3/t25-/m0/s1. The number of esters is 1. The molecule has 0 bridgehead atoms. The van der Waals surface area contributed by atoms with Gasteiger partial charge in [-0.3, -0.25) is 9.59 Å². The van der Waals surface area contributed by atoms with E-state index in [2.05, 4.69) is 0 Å². The highest BCUT2D eigenvalue weighted by atomic mass is 32.2. The van der Waals surface area contributed by atoms with Crippen LogP contribution in [-0.2, 0) is 24.3 Å². The molecular formula is C27H34N2O5S. The Hall–Kier alpha value is -2.71. The number of benzene rings is 2. The molecule has 2 aliphatic heterocycles. The minimum atomic E-state index is -3.62. The Morgan fingerprint density at radius 1 is 0.886 bits per heavy atom. The summed E-state index contributed by atoms with van der Waals surface area (Å²) in [6.45, 7) is 5.67. The van der Waals surface area contributed by atoms with Crippen LogP contribution in [0.2, 0.25) is 0 Å². The zero-order valence-electron chi connectivity index (χ0n) is 20.5. The number of hydrogen-bond donors (Lipinski definition) is 0. The molecule has 0 unspecified atom stereocenters. The molecule has 1 amide bonds. The van der Waals surface area contributed by atoms with Gasteiger partial charge in [-0.15, -0.1) is 0 Å². The zero-order valence-corrected chi connectivity index (χ0v) is 21.3. The zero-order chi connectivity index (χ0) is 25.0. The maximum atomic E-state index is 13.3. The molecule has 188 valence electrons. The highest BCUT2D eigenvalue weighted by Crippen LogP contribution is 2.29. The van der Waals surface area contributed by atoms with Crippen LogP contribution in [0.15, 0.2) is 53.4 Å². The number of hydrogen-bond acceptors (Lipinski definition) is 5. The molecule has 0 aromatic heterocycles. The van der Waals surface area contributed by atoms with Crippen LogP contribution >= 0.6 is 0 Å². The van der Waals surface area contributed by atoms with E-state index in [0.717, 1.165) is 30.4 Å². The second kappa shape index (κ2) is 10.9. The Morgan fingerprint density at radius 3 is 2.17 bits per heavy atom. The van der Waals surface area contributed by atoms with E-state index >= 15 is 0 Å². The summed E-state index contributed by atoms with van der Waals surface area (Å²) in [6, 6.07) is 14.3. The van der Waals surface area contributed by atoms with Crippen molar-refractivity contribution < 1.29 is 22.7 Å². The van der Waals surface area contributed by atoms with Gasteiger partial charge >= 0.3 is 5.97 Å². The van der Waals surface area contributed by atoms with E-state index in [1.165, 1.54) is 4.31 Å². The average molecular weight is 499 g/mol. The van der Waals surface area contributed by atoms with Gasteiger partial charge in [-0.25, -0.2) is 8.42 Å². The summed E-state index contributed by atoms with van der Waals surface area (Å²) in [4.78, 5) is 28.4. The molecule has 2 aliphatic rings. The first-order chi connectivity index (χ1) is 16.8. The summed E-state index contributed by atoms with van der Waals surface area (Å²) < 4.78 is 33.5. The summed E-state index contributed by atoms with van der Waals surface area (Å²) in [5, 5.41) is 0. The van der Waals surface area contributed by atoms with Crippen molar-refractivity contribution in [3.8, 4) is 0 Å². The summed E-state index contributed by atoms with van der Waals surface area (Å²) >= 11 is 0. The number of ether oxygens (including phenoxy) is 1. The molecule has 1 atom stereocenters. The lowest BCUT2D eigenvalue weighted by Crippen LogP contribution is -2.43. The van der Waals surface area contributed by atoms with Crippen molar-refractivity contribution in [2.45, 2.75) is 57.0 Å². The third-order valence-corrected chi connectivity index (χ3v) is 9.03. The van der Waals surface area contributed by atoms with Crippen LogP contribution in [0.3, 0.4) is 0 Å². The van der Waals surface area contributed by atoms with Crippen LogP contribution in [0.5, 0.6) is 0 Å². The predicted molar refractivity (Wildman–Crippen MR) is 133 cm³/mol. The van der Waals surface area contributed by atoms with Crippen molar-refractivity contribution in [2.75, 3.05) is 26.2 Å². The smallest absolute Gasteiger partial charge is 0.310 e. The van der Waals surface area contributed by atoms with Gasteiger partial charge in [0.1, 0.15) is 0 Å². The molecule has 8 heteroatoms. The minimum Gasteiger partial charge on any atom is -0.447 e. The Kier molecular flexibility index (Phi) is 7.91. The number of piperidine rings is 2. The maximum absolute atomic E-state index is 13.3. The number of aryl methyl sites for hydroxylation is 2. The van der Waals surface area contributed by atoms with Gasteiger partial charge in [-0.2, -0.15) is 4.31 Å². The molecule has 2 fully saturated rings. The van der Waals surface area contributed by atoms with Crippen LogP contribution in [0.1, 0.15) is 54.9 Å². The lowest BCUT2D eigenvalue weighted by molar-refractivity contribution is -0.165. The van der Waals surface area contributed by atoms with E-state index in [0.29, 0.717) is 31.5 Å². The van der Waals surface area contributed by atoms with Gasteiger partial charge in [0.2, 0.25) is 16.1 Å². The van der Waals surface area contributed by atoms with Crippen molar-refractivity contribution in [1.82, 2.24) is 9.21 Å². The molecule has 2 aromatic carbocycles. The molecule has 2 saturated heterocycles. The lowest BCUT2D eigenvalue weighted by Gasteiger charge is -2.33. The molecule has 0 N–H and O–H groups in total. The van der Waals surface area contributed by atoms with Gasteiger partial charge in [0.05, 0.1) is 10.8 Å². The molecular weight excluding hydrogens is 464 g/mol.